The summed E-state index contributed by atoms with van der Waals surface area (Å²) in [5.74, 6) is -2.26. The maximum absolute atomic E-state index is 13.7. The third-order valence-electron chi connectivity index (χ3n) is 4.87. The molecular weight excluding hydrogens is 399 g/mol. The lowest BCUT2D eigenvalue weighted by Gasteiger charge is -2.46. The van der Waals surface area contributed by atoms with Gasteiger partial charge in [-0.05, 0) is 30.7 Å². The summed E-state index contributed by atoms with van der Waals surface area (Å²) in [5, 5.41) is 6.29. The number of halogens is 4. The van der Waals surface area contributed by atoms with Crippen molar-refractivity contribution in [2.45, 2.75) is 24.9 Å². The predicted molar refractivity (Wildman–Crippen MR) is 94.4 cm³/mol. The Hall–Kier alpha value is -2.75. The monoisotopic (exact) mass is 415 g/mol. The first kappa shape index (κ1) is 20.0. The summed E-state index contributed by atoms with van der Waals surface area (Å²) in [4.78, 5) is 26.1. The summed E-state index contributed by atoms with van der Waals surface area (Å²) in [7, 11) is 0. The second kappa shape index (κ2) is 7.34. The Morgan fingerprint density at radius 3 is 2.68 bits per heavy atom. The molecule has 7 nitrogen and oxygen atoms in total. The molecule has 150 valence electrons. The maximum Gasteiger partial charge on any atom is 0.333 e. The minimum absolute atomic E-state index is 0.0776. The van der Waals surface area contributed by atoms with Gasteiger partial charge in [-0.3, -0.25) is 4.79 Å². The summed E-state index contributed by atoms with van der Waals surface area (Å²) in [6.45, 7) is -1.15. The van der Waals surface area contributed by atoms with Gasteiger partial charge >= 0.3 is 12.6 Å². The summed E-state index contributed by atoms with van der Waals surface area (Å²) >= 11 is 5.89. The number of alkyl halides is 2. The molecule has 1 aromatic heterocycles. The number of nitrogens with one attached hydrogen (secondary N) is 1. The van der Waals surface area contributed by atoms with Crippen molar-refractivity contribution >= 4 is 23.5 Å². The molecule has 2 heterocycles. The molecule has 1 aliphatic heterocycles. The Bertz CT molecular complexity index is 922. The normalized spacial score (nSPS) is 20.9. The van der Waals surface area contributed by atoms with E-state index < -0.39 is 35.8 Å². The quantitative estimate of drug-likeness (QED) is 0.803. The Morgan fingerprint density at radius 1 is 1.39 bits per heavy atom. The molecule has 0 bridgehead atoms. The molecule has 0 spiro atoms. The molecule has 1 aliphatic rings. The molecule has 3 amide bonds. The number of rotatable bonds is 4. The fraction of sp³-hybridized carbons (Fsp3) is 0.353. The van der Waals surface area contributed by atoms with Crippen molar-refractivity contribution < 1.29 is 22.8 Å². The highest BCUT2D eigenvalue weighted by molar-refractivity contribution is 6.30. The Kier molecular flexibility index (Phi) is 5.24. The topological polar surface area (TPSA) is 93.2 Å². The Labute approximate surface area is 163 Å². The lowest BCUT2D eigenvalue weighted by Crippen LogP contribution is -2.68. The van der Waals surface area contributed by atoms with Gasteiger partial charge in [0.1, 0.15) is 11.4 Å². The van der Waals surface area contributed by atoms with Crippen LogP contribution in [0.1, 0.15) is 30.6 Å². The summed E-state index contributed by atoms with van der Waals surface area (Å²) < 4.78 is 40.2. The number of piperazine rings is 1. The van der Waals surface area contributed by atoms with Crippen LogP contribution >= 0.6 is 11.6 Å². The number of nitrogens with zero attached hydrogens (tertiary/aromatic N) is 3. The number of amides is 3. The van der Waals surface area contributed by atoms with E-state index in [-0.39, 0.29) is 23.8 Å². The molecule has 0 aliphatic carbocycles. The maximum atomic E-state index is 13.7. The smallest absolute Gasteiger partial charge is 0.333 e. The summed E-state index contributed by atoms with van der Waals surface area (Å²) in [6, 6.07) is 4.17. The molecule has 1 unspecified atom stereocenters. The van der Waals surface area contributed by atoms with Crippen molar-refractivity contribution in [3.63, 3.8) is 0 Å². The number of carbonyl (C=O) groups is 2. The van der Waals surface area contributed by atoms with Crippen LogP contribution < -0.4 is 11.1 Å². The van der Waals surface area contributed by atoms with Crippen LogP contribution in [0.2, 0.25) is 5.02 Å². The van der Waals surface area contributed by atoms with Crippen LogP contribution in [0.15, 0.2) is 30.5 Å². The van der Waals surface area contributed by atoms with Gasteiger partial charge in [-0.25, -0.2) is 13.9 Å². The van der Waals surface area contributed by atoms with Crippen LogP contribution in [0, 0.1) is 5.82 Å². The number of primary amides is 1. The molecule has 28 heavy (non-hydrogen) atoms. The van der Waals surface area contributed by atoms with Crippen LogP contribution in [0.5, 0.6) is 0 Å². The van der Waals surface area contributed by atoms with Gasteiger partial charge in [0, 0.05) is 19.3 Å². The van der Waals surface area contributed by atoms with E-state index in [1.165, 1.54) is 25.1 Å². The zero-order chi connectivity index (χ0) is 20.6. The second-order valence-corrected chi connectivity index (χ2v) is 6.91. The summed E-state index contributed by atoms with van der Waals surface area (Å²) in [6.07, 6.45) is 1.05. The first-order valence-corrected chi connectivity index (χ1v) is 8.67. The number of hydrogen-bond donors (Lipinski definition) is 2. The molecule has 3 rings (SSSR count). The number of hydrogen-bond acceptors (Lipinski definition) is 3. The van der Waals surface area contributed by atoms with Gasteiger partial charge in [0.15, 0.2) is 0 Å². The molecule has 0 saturated carbocycles. The lowest BCUT2D eigenvalue weighted by atomic mass is 9.75. The number of nitrogens with two attached hydrogens (primary N) is 1. The van der Waals surface area contributed by atoms with Gasteiger partial charge in [0.25, 0.3) is 0 Å². The van der Waals surface area contributed by atoms with Crippen molar-refractivity contribution in [2.75, 3.05) is 13.1 Å². The third kappa shape index (κ3) is 3.28. The number of benzene rings is 1. The van der Waals surface area contributed by atoms with E-state index in [2.05, 4.69) is 10.4 Å². The standard InChI is InChI=1S/C17H17ClF3N5O2/c1-17(14(27)23-5-7-25(17)16(22)28)13(9-2-3-11(19)10(18)8-9)12-4-6-26(24-12)15(20)21/h2-4,6,8,13,15H,5,7H2,1H3,(H2,22,28)(H,23,27)/t13-,17?/m1/s1. The van der Waals surface area contributed by atoms with Crippen LogP contribution in [-0.4, -0.2) is 45.2 Å². The minimum atomic E-state index is -2.90. The van der Waals surface area contributed by atoms with Crippen LogP contribution in [0.4, 0.5) is 18.0 Å². The molecule has 1 fully saturated rings. The van der Waals surface area contributed by atoms with Crippen molar-refractivity contribution in [3.8, 4) is 0 Å². The fourth-order valence-corrected chi connectivity index (χ4v) is 3.72. The molecule has 1 aromatic carbocycles. The zero-order valence-corrected chi connectivity index (χ0v) is 15.5. The van der Waals surface area contributed by atoms with E-state index >= 15 is 0 Å². The molecule has 3 N–H and O–H groups in total. The SMILES string of the molecule is CC1([C@H](c2ccc(F)c(Cl)c2)c2ccn(C(F)F)n2)C(=O)NCCN1C(N)=O. The summed E-state index contributed by atoms with van der Waals surface area (Å²) in [5.41, 5.74) is 4.27. The van der Waals surface area contributed by atoms with E-state index in [0.717, 1.165) is 17.2 Å². The van der Waals surface area contributed by atoms with Crippen LogP contribution in [0.3, 0.4) is 0 Å². The molecule has 2 aromatic rings. The minimum Gasteiger partial charge on any atom is -0.352 e. The van der Waals surface area contributed by atoms with Crippen molar-refractivity contribution in [2.24, 2.45) is 5.73 Å². The molecule has 11 heteroatoms. The van der Waals surface area contributed by atoms with E-state index in [0.29, 0.717) is 10.2 Å². The molecule has 1 saturated heterocycles. The van der Waals surface area contributed by atoms with E-state index in [1.54, 1.807) is 0 Å². The van der Waals surface area contributed by atoms with Gasteiger partial charge in [-0.1, -0.05) is 17.7 Å². The van der Waals surface area contributed by atoms with Gasteiger partial charge < -0.3 is 16.0 Å². The van der Waals surface area contributed by atoms with Crippen molar-refractivity contribution in [1.29, 1.82) is 0 Å². The fourth-order valence-electron chi connectivity index (χ4n) is 3.53. The highest BCUT2D eigenvalue weighted by atomic mass is 35.5. The first-order valence-electron chi connectivity index (χ1n) is 8.29. The Morgan fingerprint density at radius 2 is 2.11 bits per heavy atom. The van der Waals surface area contributed by atoms with Crippen LogP contribution in [0.25, 0.3) is 0 Å². The van der Waals surface area contributed by atoms with E-state index in [9.17, 15) is 22.8 Å². The average Bonchev–Trinajstić information content (AvgIpc) is 3.10. The van der Waals surface area contributed by atoms with Gasteiger partial charge in [0.05, 0.1) is 16.6 Å². The lowest BCUT2D eigenvalue weighted by molar-refractivity contribution is -0.134. The highest BCUT2D eigenvalue weighted by Crippen LogP contribution is 2.40. The van der Waals surface area contributed by atoms with E-state index in [4.69, 9.17) is 17.3 Å². The second-order valence-electron chi connectivity index (χ2n) is 6.50. The third-order valence-corrected chi connectivity index (χ3v) is 5.16. The van der Waals surface area contributed by atoms with Crippen LogP contribution in [-0.2, 0) is 4.79 Å². The number of carbonyl (C=O) groups excluding carboxylic acids is 2. The van der Waals surface area contributed by atoms with Gasteiger partial charge in [-0.2, -0.15) is 13.9 Å². The molecular formula is C17H17ClF3N5O2. The molecule has 2 atom stereocenters. The van der Waals surface area contributed by atoms with E-state index in [1.807, 2.05) is 0 Å². The van der Waals surface area contributed by atoms with Crippen molar-refractivity contribution in [3.05, 3.63) is 52.6 Å². The Balaban J connectivity index is 2.23. The largest absolute Gasteiger partial charge is 0.352 e. The average molecular weight is 416 g/mol. The highest BCUT2D eigenvalue weighted by Gasteiger charge is 2.52. The molecule has 0 radical (unpaired) electrons. The number of aromatic nitrogens is 2. The van der Waals surface area contributed by atoms with Gasteiger partial charge in [-0.15, -0.1) is 0 Å². The van der Waals surface area contributed by atoms with Crippen molar-refractivity contribution in [1.82, 2.24) is 20.0 Å². The number of urea groups is 1. The zero-order valence-electron chi connectivity index (χ0n) is 14.7. The predicted octanol–water partition coefficient (Wildman–Crippen LogP) is 2.47. The first-order chi connectivity index (χ1) is 13.2. The van der Waals surface area contributed by atoms with Gasteiger partial charge in [0.2, 0.25) is 5.91 Å².